The summed E-state index contributed by atoms with van der Waals surface area (Å²) in [7, 11) is 0. The molecule has 1 aromatic heterocycles. The number of Topliss-reactive ketones (excluding diaryl/α,β-unsaturated/α-hetero) is 1. The molecule has 0 saturated carbocycles. The Labute approximate surface area is 140 Å². The molecule has 0 amide bonds. The van der Waals surface area contributed by atoms with Crippen molar-refractivity contribution in [3.63, 3.8) is 0 Å². The predicted octanol–water partition coefficient (Wildman–Crippen LogP) is 5.16. The van der Waals surface area contributed by atoms with Crippen LogP contribution in [0, 0.1) is 13.8 Å². The lowest BCUT2D eigenvalue weighted by Crippen LogP contribution is -2.00. The number of phenolic OH excluding ortho intramolecular Hbond substituents is 1. The van der Waals surface area contributed by atoms with Crippen LogP contribution < -0.4 is 0 Å². The summed E-state index contributed by atoms with van der Waals surface area (Å²) in [5.74, 6) is 0.324. The first-order valence-corrected chi connectivity index (χ1v) is 8.33. The lowest BCUT2D eigenvalue weighted by molar-refractivity contribution is 0.0997. The molecule has 0 aliphatic heterocycles. The van der Waals surface area contributed by atoms with E-state index in [4.69, 9.17) is 0 Å². The number of aromatic hydroxyl groups is 1. The van der Waals surface area contributed by atoms with Gasteiger partial charge in [-0.2, -0.15) is 0 Å². The molecular formula is C20H18O2S. The van der Waals surface area contributed by atoms with Gasteiger partial charge in [0, 0.05) is 11.3 Å². The number of rotatable bonds is 4. The summed E-state index contributed by atoms with van der Waals surface area (Å²) in [6.45, 7) is 4.20. The van der Waals surface area contributed by atoms with Crippen molar-refractivity contribution in [1.29, 1.82) is 0 Å². The van der Waals surface area contributed by atoms with Gasteiger partial charge >= 0.3 is 0 Å². The maximum absolute atomic E-state index is 12.4. The van der Waals surface area contributed by atoms with Gasteiger partial charge in [0.1, 0.15) is 5.75 Å². The number of phenols is 1. The topological polar surface area (TPSA) is 37.3 Å². The molecule has 2 aromatic carbocycles. The van der Waals surface area contributed by atoms with Crippen LogP contribution in [-0.2, 0) is 6.42 Å². The zero-order chi connectivity index (χ0) is 16.4. The van der Waals surface area contributed by atoms with Crippen molar-refractivity contribution in [3.05, 3.63) is 76.2 Å². The SMILES string of the molecule is Cc1ccc(-c2ccc(C(=O)Cc3ccc(O)cc3)s2)cc1C. The number of aryl methyl sites for hydroxylation is 2. The summed E-state index contributed by atoms with van der Waals surface area (Å²) in [4.78, 5) is 14.3. The van der Waals surface area contributed by atoms with Crippen LogP contribution in [0.3, 0.4) is 0 Å². The quantitative estimate of drug-likeness (QED) is 0.673. The molecular weight excluding hydrogens is 304 g/mol. The largest absolute Gasteiger partial charge is 0.508 e. The average Bonchev–Trinajstić information content (AvgIpc) is 3.02. The van der Waals surface area contributed by atoms with Gasteiger partial charge in [-0.3, -0.25) is 4.79 Å². The van der Waals surface area contributed by atoms with Crippen molar-refractivity contribution < 1.29 is 9.90 Å². The maximum atomic E-state index is 12.4. The summed E-state index contributed by atoms with van der Waals surface area (Å²) in [6, 6.07) is 17.1. The Bertz CT molecular complexity index is 844. The highest BCUT2D eigenvalue weighted by molar-refractivity contribution is 7.17. The van der Waals surface area contributed by atoms with Crippen molar-refractivity contribution in [3.8, 4) is 16.2 Å². The van der Waals surface area contributed by atoms with Crippen molar-refractivity contribution >= 4 is 17.1 Å². The van der Waals surface area contributed by atoms with Crippen molar-refractivity contribution in [2.75, 3.05) is 0 Å². The van der Waals surface area contributed by atoms with Crippen LogP contribution >= 0.6 is 11.3 Å². The van der Waals surface area contributed by atoms with Gasteiger partial charge in [0.15, 0.2) is 5.78 Å². The van der Waals surface area contributed by atoms with Crippen molar-refractivity contribution in [2.45, 2.75) is 20.3 Å². The van der Waals surface area contributed by atoms with Crippen molar-refractivity contribution in [2.24, 2.45) is 0 Å². The number of thiophene rings is 1. The second-order valence-electron chi connectivity index (χ2n) is 5.73. The van der Waals surface area contributed by atoms with E-state index in [1.54, 1.807) is 24.3 Å². The van der Waals surface area contributed by atoms with E-state index >= 15 is 0 Å². The molecule has 0 aliphatic carbocycles. The van der Waals surface area contributed by atoms with Gasteiger partial charge in [0.2, 0.25) is 0 Å². The van der Waals surface area contributed by atoms with E-state index < -0.39 is 0 Å². The fourth-order valence-electron chi connectivity index (χ4n) is 2.42. The van der Waals surface area contributed by atoms with Gasteiger partial charge in [-0.25, -0.2) is 0 Å². The van der Waals surface area contributed by atoms with Crippen molar-refractivity contribution in [1.82, 2.24) is 0 Å². The molecule has 0 bridgehead atoms. The molecule has 0 saturated heterocycles. The van der Waals surface area contributed by atoms with Gasteiger partial charge in [-0.15, -0.1) is 11.3 Å². The molecule has 0 radical (unpaired) electrons. The molecule has 1 N–H and O–H groups in total. The molecule has 0 unspecified atom stereocenters. The van der Waals surface area contributed by atoms with E-state index in [2.05, 4.69) is 32.0 Å². The third-order valence-corrected chi connectivity index (χ3v) is 5.15. The molecule has 0 fully saturated rings. The molecule has 2 nitrogen and oxygen atoms in total. The second-order valence-corrected chi connectivity index (χ2v) is 6.81. The lowest BCUT2D eigenvalue weighted by atomic mass is 10.1. The molecule has 1 heterocycles. The number of hydrogen-bond donors (Lipinski definition) is 1. The monoisotopic (exact) mass is 322 g/mol. The molecule has 3 rings (SSSR count). The standard InChI is InChI=1S/C20H18O2S/c1-13-3-6-16(11-14(13)2)19-9-10-20(23-19)18(22)12-15-4-7-17(21)8-5-15/h3-11,21H,12H2,1-2H3. The fourth-order valence-corrected chi connectivity index (χ4v) is 3.36. The third-order valence-electron chi connectivity index (χ3n) is 3.97. The van der Waals surface area contributed by atoms with Crippen LogP contribution in [0.4, 0.5) is 0 Å². The highest BCUT2D eigenvalue weighted by atomic mass is 32.1. The minimum absolute atomic E-state index is 0.107. The summed E-state index contributed by atoms with van der Waals surface area (Å²) < 4.78 is 0. The van der Waals surface area contributed by atoms with Gasteiger partial charge in [-0.05, 0) is 60.4 Å². The van der Waals surface area contributed by atoms with Crippen LogP contribution in [0.1, 0.15) is 26.4 Å². The predicted molar refractivity (Wildman–Crippen MR) is 95.4 cm³/mol. The van der Waals surface area contributed by atoms with E-state index in [0.29, 0.717) is 6.42 Å². The van der Waals surface area contributed by atoms with E-state index in [9.17, 15) is 9.90 Å². The Morgan fingerprint density at radius 3 is 2.39 bits per heavy atom. The van der Waals surface area contributed by atoms with E-state index in [-0.39, 0.29) is 11.5 Å². The van der Waals surface area contributed by atoms with Crippen LogP contribution in [0.5, 0.6) is 5.75 Å². The smallest absolute Gasteiger partial charge is 0.177 e. The minimum Gasteiger partial charge on any atom is -0.508 e. The summed E-state index contributed by atoms with van der Waals surface area (Å²) in [5.41, 5.74) is 4.59. The number of carbonyl (C=O) groups excluding carboxylic acids is 1. The van der Waals surface area contributed by atoms with Gasteiger partial charge in [-0.1, -0.05) is 30.3 Å². The van der Waals surface area contributed by atoms with Gasteiger partial charge < -0.3 is 5.11 Å². The maximum Gasteiger partial charge on any atom is 0.177 e. The van der Waals surface area contributed by atoms with Gasteiger partial charge in [0.05, 0.1) is 4.88 Å². The molecule has 3 heteroatoms. The van der Waals surface area contributed by atoms with Crippen LogP contribution in [0.15, 0.2) is 54.6 Å². The first-order chi connectivity index (χ1) is 11.0. The molecule has 0 aliphatic rings. The normalized spacial score (nSPS) is 10.7. The van der Waals surface area contributed by atoms with Crippen LogP contribution in [0.25, 0.3) is 10.4 Å². The first-order valence-electron chi connectivity index (χ1n) is 7.51. The average molecular weight is 322 g/mol. The van der Waals surface area contributed by atoms with Crippen LogP contribution in [0.2, 0.25) is 0 Å². The Morgan fingerprint density at radius 1 is 0.957 bits per heavy atom. The zero-order valence-electron chi connectivity index (χ0n) is 13.2. The highest BCUT2D eigenvalue weighted by Gasteiger charge is 2.11. The molecule has 3 aromatic rings. The van der Waals surface area contributed by atoms with E-state index in [1.165, 1.54) is 22.5 Å². The van der Waals surface area contributed by atoms with Crippen LogP contribution in [-0.4, -0.2) is 10.9 Å². The summed E-state index contributed by atoms with van der Waals surface area (Å²) in [6.07, 6.45) is 0.354. The fraction of sp³-hybridized carbons (Fsp3) is 0.150. The molecule has 23 heavy (non-hydrogen) atoms. The third kappa shape index (κ3) is 3.51. The van der Waals surface area contributed by atoms with E-state index in [1.807, 2.05) is 12.1 Å². The zero-order valence-corrected chi connectivity index (χ0v) is 14.0. The number of ketones is 1. The Kier molecular flexibility index (Phi) is 4.30. The molecule has 0 atom stereocenters. The molecule has 0 spiro atoms. The Morgan fingerprint density at radius 2 is 1.70 bits per heavy atom. The highest BCUT2D eigenvalue weighted by Crippen LogP contribution is 2.30. The number of carbonyl (C=O) groups is 1. The summed E-state index contributed by atoms with van der Waals surface area (Å²) in [5, 5.41) is 9.30. The number of benzene rings is 2. The van der Waals surface area contributed by atoms with Gasteiger partial charge in [0.25, 0.3) is 0 Å². The Balaban J connectivity index is 1.79. The minimum atomic E-state index is 0.107. The lowest BCUT2D eigenvalue weighted by Gasteiger charge is -2.03. The van der Waals surface area contributed by atoms with E-state index in [0.717, 1.165) is 20.9 Å². The first kappa shape index (κ1) is 15.5. The molecule has 116 valence electrons. The Hall–Kier alpha value is -2.39. The summed E-state index contributed by atoms with van der Waals surface area (Å²) >= 11 is 1.53. The second kappa shape index (κ2) is 6.39. The number of hydrogen-bond acceptors (Lipinski definition) is 3.